The molecule has 0 radical (unpaired) electrons. The summed E-state index contributed by atoms with van der Waals surface area (Å²) in [5, 5.41) is 4.33. The second-order valence-electron chi connectivity index (χ2n) is 6.17. The third-order valence-corrected chi connectivity index (χ3v) is 4.99. The lowest BCUT2D eigenvalue weighted by Gasteiger charge is -2.32. The van der Waals surface area contributed by atoms with E-state index in [1.165, 1.54) is 18.4 Å². The summed E-state index contributed by atoms with van der Waals surface area (Å²) in [6, 6.07) is 13.0. The number of benzene rings is 1. The van der Waals surface area contributed by atoms with Crippen molar-refractivity contribution < 1.29 is 4.79 Å². The monoisotopic (exact) mass is 299 g/mol. The van der Waals surface area contributed by atoms with E-state index in [0.717, 1.165) is 24.9 Å². The number of hydrogen-bond acceptors (Lipinski definition) is 3. The van der Waals surface area contributed by atoms with Crippen molar-refractivity contribution >= 4 is 17.6 Å². The Labute approximate surface area is 130 Å². The molecule has 21 heavy (non-hydrogen) atoms. The van der Waals surface area contributed by atoms with Crippen molar-refractivity contribution in [3.05, 3.63) is 58.3 Å². The van der Waals surface area contributed by atoms with Gasteiger partial charge in [0.25, 0.3) is 0 Å². The van der Waals surface area contributed by atoms with E-state index in [-0.39, 0.29) is 0 Å². The van der Waals surface area contributed by atoms with Crippen LogP contribution in [0.15, 0.2) is 47.2 Å². The summed E-state index contributed by atoms with van der Waals surface area (Å²) in [5.41, 5.74) is 2.03. The van der Waals surface area contributed by atoms with Gasteiger partial charge in [0.15, 0.2) is 0 Å². The van der Waals surface area contributed by atoms with E-state index in [1.54, 1.807) is 11.3 Å². The molecule has 1 aliphatic carbocycles. The molecule has 1 unspecified atom stereocenters. The number of carbonyl (C=O) groups excluding carboxylic acids is 1. The Bertz CT molecular complexity index is 577. The lowest BCUT2D eigenvalue weighted by Crippen LogP contribution is -2.41. The summed E-state index contributed by atoms with van der Waals surface area (Å²) >= 11 is 1.74. The summed E-state index contributed by atoms with van der Waals surface area (Å²) in [7, 11) is 0. The van der Waals surface area contributed by atoms with Crippen molar-refractivity contribution in [2.24, 2.45) is 0 Å². The van der Waals surface area contributed by atoms with Crippen LogP contribution in [0.4, 0.5) is 0 Å². The Kier molecular flexibility index (Phi) is 4.22. The molecule has 1 aliphatic rings. The van der Waals surface area contributed by atoms with Crippen LogP contribution in [0.3, 0.4) is 0 Å². The molecule has 1 saturated carbocycles. The first-order valence-corrected chi connectivity index (χ1v) is 8.42. The van der Waals surface area contributed by atoms with E-state index in [2.05, 4.69) is 40.8 Å². The quantitative estimate of drug-likeness (QED) is 0.723. The summed E-state index contributed by atoms with van der Waals surface area (Å²) in [4.78, 5) is 14.3. The standard InChI is InChI=1S/C18H21NOS/c1-18(14-20,16-5-3-2-4-6-16)13-19(17-7-8-17)11-15-9-10-21-12-15/h2-6,9-10,12,14,17H,7-8,11,13H2,1H3. The SMILES string of the molecule is CC(C=O)(CN(Cc1ccsc1)C1CC1)c1ccccc1. The smallest absolute Gasteiger partial charge is 0.131 e. The highest BCUT2D eigenvalue weighted by Crippen LogP contribution is 2.32. The van der Waals surface area contributed by atoms with Crippen LogP contribution in [0.5, 0.6) is 0 Å². The molecule has 0 spiro atoms. The van der Waals surface area contributed by atoms with E-state index in [4.69, 9.17) is 0 Å². The first-order valence-electron chi connectivity index (χ1n) is 7.48. The summed E-state index contributed by atoms with van der Waals surface area (Å²) in [5.74, 6) is 0. The van der Waals surface area contributed by atoms with E-state index in [0.29, 0.717) is 6.04 Å². The molecule has 0 amide bonds. The number of rotatable bonds is 7. The molecule has 110 valence electrons. The van der Waals surface area contributed by atoms with Gasteiger partial charge in [0, 0.05) is 19.1 Å². The third kappa shape index (κ3) is 3.42. The lowest BCUT2D eigenvalue weighted by molar-refractivity contribution is -0.112. The van der Waals surface area contributed by atoms with Crippen molar-refractivity contribution in [2.45, 2.75) is 37.8 Å². The largest absolute Gasteiger partial charge is 0.302 e. The molecule has 1 aromatic carbocycles. The zero-order valence-electron chi connectivity index (χ0n) is 12.4. The normalized spacial score (nSPS) is 17.6. The predicted octanol–water partition coefficient (Wildman–Crippen LogP) is 3.87. The molecule has 3 heteroatoms. The van der Waals surface area contributed by atoms with Crippen molar-refractivity contribution in [3.8, 4) is 0 Å². The first-order chi connectivity index (χ1) is 10.2. The highest BCUT2D eigenvalue weighted by atomic mass is 32.1. The molecule has 3 rings (SSSR count). The second kappa shape index (κ2) is 6.12. The molecular formula is C18H21NOS. The van der Waals surface area contributed by atoms with Gasteiger partial charge in [0.1, 0.15) is 6.29 Å². The van der Waals surface area contributed by atoms with Crippen LogP contribution in [-0.4, -0.2) is 23.8 Å². The van der Waals surface area contributed by atoms with Gasteiger partial charge in [-0.05, 0) is 47.7 Å². The van der Waals surface area contributed by atoms with Gasteiger partial charge in [-0.25, -0.2) is 0 Å². The third-order valence-electron chi connectivity index (χ3n) is 4.25. The van der Waals surface area contributed by atoms with Gasteiger partial charge in [-0.15, -0.1) is 0 Å². The average Bonchev–Trinajstić information content (AvgIpc) is 3.25. The molecule has 0 aliphatic heterocycles. The van der Waals surface area contributed by atoms with Crippen LogP contribution in [0.25, 0.3) is 0 Å². The van der Waals surface area contributed by atoms with Crippen molar-refractivity contribution in [3.63, 3.8) is 0 Å². The Morgan fingerprint density at radius 3 is 2.62 bits per heavy atom. The number of thiophene rings is 1. The van der Waals surface area contributed by atoms with E-state index in [1.807, 2.05) is 18.2 Å². The Hall–Kier alpha value is -1.45. The fourth-order valence-corrected chi connectivity index (χ4v) is 3.47. The molecule has 0 bridgehead atoms. The molecule has 1 aromatic heterocycles. The van der Waals surface area contributed by atoms with Gasteiger partial charge < -0.3 is 4.79 Å². The number of carbonyl (C=O) groups is 1. The minimum absolute atomic E-state index is 0.431. The van der Waals surface area contributed by atoms with Gasteiger partial charge in [0.05, 0.1) is 5.41 Å². The summed E-state index contributed by atoms with van der Waals surface area (Å²) in [6.45, 7) is 3.80. The number of aldehydes is 1. The van der Waals surface area contributed by atoms with E-state index in [9.17, 15) is 4.79 Å². The van der Waals surface area contributed by atoms with Gasteiger partial charge >= 0.3 is 0 Å². The molecule has 0 saturated heterocycles. The molecule has 0 N–H and O–H groups in total. The first kappa shape index (κ1) is 14.5. The van der Waals surface area contributed by atoms with Gasteiger partial charge in [-0.1, -0.05) is 30.3 Å². The molecule has 1 fully saturated rings. The van der Waals surface area contributed by atoms with E-state index < -0.39 is 5.41 Å². The maximum Gasteiger partial charge on any atom is 0.131 e. The summed E-state index contributed by atoms with van der Waals surface area (Å²) in [6.07, 6.45) is 3.63. The van der Waals surface area contributed by atoms with Crippen molar-refractivity contribution in [2.75, 3.05) is 6.54 Å². The molecular weight excluding hydrogens is 278 g/mol. The van der Waals surface area contributed by atoms with E-state index >= 15 is 0 Å². The fourth-order valence-electron chi connectivity index (χ4n) is 2.81. The number of hydrogen-bond donors (Lipinski definition) is 0. The second-order valence-corrected chi connectivity index (χ2v) is 6.95. The Morgan fingerprint density at radius 2 is 2.05 bits per heavy atom. The lowest BCUT2D eigenvalue weighted by atomic mass is 9.83. The van der Waals surface area contributed by atoms with Crippen LogP contribution in [-0.2, 0) is 16.8 Å². The van der Waals surface area contributed by atoms with Crippen LogP contribution in [0.2, 0.25) is 0 Å². The zero-order valence-corrected chi connectivity index (χ0v) is 13.2. The Morgan fingerprint density at radius 1 is 1.29 bits per heavy atom. The maximum atomic E-state index is 11.8. The minimum atomic E-state index is -0.431. The fraction of sp³-hybridized carbons (Fsp3) is 0.389. The number of nitrogens with zero attached hydrogens (tertiary/aromatic N) is 1. The molecule has 2 aromatic rings. The average molecular weight is 299 g/mol. The van der Waals surface area contributed by atoms with Gasteiger partial charge in [-0.3, -0.25) is 4.90 Å². The van der Waals surface area contributed by atoms with Crippen molar-refractivity contribution in [1.29, 1.82) is 0 Å². The van der Waals surface area contributed by atoms with Gasteiger partial charge in [0.2, 0.25) is 0 Å². The maximum absolute atomic E-state index is 11.8. The van der Waals surface area contributed by atoms with Crippen LogP contribution in [0, 0.1) is 0 Å². The van der Waals surface area contributed by atoms with Crippen LogP contribution >= 0.6 is 11.3 Å². The molecule has 1 heterocycles. The van der Waals surface area contributed by atoms with Crippen LogP contribution < -0.4 is 0 Å². The van der Waals surface area contributed by atoms with Crippen LogP contribution in [0.1, 0.15) is 30.9 Å². The minimum Gasteiger partial charge on any atom is -0.302 e. The molecule has 1 atom stereocenters. The highest BCUT2D eigenvalue weighted by Gasteiger charge is 2.36. The highest BCUT2D eigenvalue weighted by molar-refractivity contribution is 7.07. The predicted molar refractivity (Wildman–Crippen MR) is 87.6 cm³/mol. The topological polar surface area (TPSA) is 20.3 Å². The summed E-state index contributed by atoms with van der Waals surface area (Å²) < 4.78 is 0. The zero-order chi connectivity index (χ0) is 14.7. The molecule has 2 nitrogen and oxygen atoms in total. The van der Waals surface area contributed by atoms with Crippen molar-refractivity contribution in [1.82, 2.24) is 4.90 Å². The van der Waals surface area contributed by atoms with Gasteiger partial charge in [-0.2, -0.15) is 11.3 Å². The Balaban J connectivity index is 1.78.